The smallest absolute Gasteiger partial charge is 0.325 e. The number of ketones is 1. The van der Waals surface area contributed by atoms with Crippen LogP contribution in [0.5, 0.6) is 5.75 Å². The normalized spacial score (nSPS) is 17.9. The van der Waals surface area contributed by atoms with Gasteiger partial charge in [-0.2, -0.15) is 0 Å². The first-order chi connectivity index (χ1) is 12.9. The number of rotatable bonds is 7. The van der Waals surface area contributed by atoms with E-state index >= 15 is 0 Å². The maximum Gasteiger partial charge on any atom is 0.325 e. The highest BCUT2D eigenvalue weighted by Crippen LogP contribution is 2.30. The van der Waals surface area contributed by atoms with E-state index in [0.717, 1.165) is 17.7 Å². The predicted molar refractivity (Wildman–Crippen MR) is 97.7 cm³/mol. The van der Waals surface area contributed by atoms with Gasteiger partial charge in [0, 0.05) is 5.56 Å². The molecule has 144 valence electrons. The van der Waals surface area contributed by atoms with Crippen LogP contribution in [-0.2, 0) is 9.59 Å². The summed E-state index contributed by atoms with van der Waals surface area (Å²) < 4.78 is 5.27. The van der Waals surface area contributed by atoms with Gasteiger partial charge in [-0.1, -0.05) is 26.7 Å². The summed E-state index contributed by atoms with van der Waals surface area (Å²) in [4.78, 5) is 50.3. The van der Waals surface area contributed by atoms with Crippen molar-refractivity contribution in [3.05, 3.63) is 23.8 Å². The van der Waals surface area contributed by atoms with Gasteiger partial charge in [0.15, 0.2) is 12.4 Å². The van der Waals surface area contributed by atoms with E-state index in [9.17, 15) is 19.2 Å². The number of hydrogen-bond donors (Lipinski definition) is 2. The molecule has 1 aromatic rings. The van der Waals surface area contributed by atoms with Crippen molar-refractivity contribution in [1.29, 1.82) is 0 Å². The quantitative estimate of drug-likeness (QED) is 0.562. The van der Waals surface area contributed by atoms with Crippen molar-refractivity contribution in [2.45, 2.75) is 45.1 Å². The Balaban J connectivity index is 1.78. The molecule has 2 aliphatic rings. The number of imide groups is 1. The summed E-state index contributed by atoms with van der Waals surface area (Å²) in [5.41, 5.74) is -0.220. The van der Waals surface area contributed by atoms with Crippen LogP contribution in [0.4, 0.5) is 10.5 Å². The lowest BCUT2D eigenvalue weighted by atomic mass is 9.88. The summed E-state index contributed by atoms with van der Waals surface area (Å²) >= 11 is 0. The van der Waals surface area contributed by atoms with Crippen LogP contribution in [0.15, 0.2) is 18.2 Å². The third-order valence-electron chi connectivity index (χ3n) is 4.84. The number of carbonyl (C=O) groups is 4. The monoisotopic (exact) mass is 373 g/mol. The molecule has 2 heterocycles. The molecule has 1 saturated heterocycles. The number of Topliss-reactive ketones (excluding diaryl/α,β-unsaturated/α-hetero) is 1. The van der Waals surface area contributed by atoms with Crippen LogP contribution in [0, 0.1) is 0 Å². The molecule has 2 N–H and O–H groups in total. The second-order valence-corrected chi connectivity index (χ2v) is 6.87. The Morgan fingerprint density at radius 1 is 1.19 bits per heavy atom. The minimum atomic E-state index is -0.918. The highest BCUT2D eigenvalue weighted by Gasteiger charge is 2.50. The van der Waals surface area contributed by atoms with Gasteiger partial charge in [-0.25, -0.2) is 4.79 Å². The van der Waals surface area contributed by atoms with Gasteiger partial charge in [-0.05, 0) is 31.0 Å². The van der Waals surface area contributed by atoms with Crippen LogP contribution in [0.3, 0.4) is 0 Å². The number of benzene rings is 1. The Labute approximate surface area is 157 Å². The van der Waals surface area contributed by atoms with Gasteiger partial charge in [-0.15, -0.1) is 0 Å². The highest BCUT2D eigenvalue weighted by atomic mass is 16.5. The second-order valence-electron chi connectivity index (χ2n) is 6.87. The maximum atomic E-state index is 12.9. The number of amides is 4. The third-order valence-corrected chi connectivity index (χ3v) is 4.84. The molecular weight excluding hydrogens is 350 g/mol. The van der Waals surface area contributed by atoms with Crippen LogP contribution in [0.2, 0.25) is 0 Å². The van der Waals surface area contributed by atoms with Crippen molar-refractivity contribution in [2.24, 2.45) is 0 Å². The molecule has 4 amide bonds. The van der Waals surface area contributed by atoms with Crippen molar-refractivity contribution in [2.75, 3.05) is 18.5 Å². The molecule has 0 spiro atoms. The first-order valence-electron chi connectivity index (χ1n) is 9.14. The molecule has 0 aliphatic carbocycles. The average Bonchev–Trinajstić information content (AvgIpc) is 2.86. The molecule has 0 unspecified atom stereocenters. The zero-order chi connectivity index (χ0) is 19.6. The summed E-state index contributed by atoms with van der Waals surface area (Å²) in [7, 11) is 0. The van der Waals surface area contributed by atoms with Crippen LogP contribution >= 0.6 is 0 Å². The Hall–Kier alpha value is -2.90. The van der Waals surface area contributed by atoms with Crippen molar-refractivity contribution in [3.8, 4) is 5.75 Å². The summed E-state index contributed by atoms with van der Waals surface area (Å²) in [5, 5.41) is 5.43. The Morgan fingerprint density at radius 2 is 1.89 bits per heavy atom. The molecule has 0 aromatic heterocycles. The van der Waals surface area contributed by atoms with Gasteiger partial charge in [0.1, 0.15) is 11.3 Å². The van der Waals surface area contributed by atoms with E-state index in [1.807, 2.05) is 13.8 Å². The molecule has 3 rings (SSSR count). The van der Waals surface area contributed by atoms with Crippen LogP contribution in [0.1, 0.15) is 49.9 Å². The fraction of sp³-hybridized carbons (Fsp3) is 0.474. The van der Waals surface area contributed by atoms with Crippen molar-refractivity contribution in [1.82, 2.24) is 10.2 Å². The number of nitrogens with zero attached hydrogens (tertiary/aromatic N) is 1. The Morgan fingerprint density at radius 3 is 2.56 bits per heavy atom. The molecular formula is C19H23N3O5. The first kappa shape index (κ1) is 18.9. The minimum absolute atomic E-state index is 0.0698. The molecule has 0 bridgehead atoms. The molecule has 2 aliphatic heterocycles. The summed E-state index contributed by atoms with van der Waals surface area (Å²) in [5.74, 6) is -0.555. The lowest BCUT2D eigenvalue weighted by Gasteiger charge is -2.25. The summed E-state index contributed by atoms with van der Waals surface area (Å²) in [6.45, 7) is 3.50. The molecule has 0 saturated carbocycles. The number of urea groups is 1. The summed E-state index contributed by atoms with van der Waals surface area (Å²) in [6, 6.07) is 4.11. The van der Waals surface area contributed by atoms with Crippen molar-refractivity contribution < 1.29 is 23.9 Å². The van der Waals surface area contributed by atoms with Crippen molar-refractivity contribution in [3.63, 3.8) is 0 Å². The van der Waals surface area contributed by atoms with Gasteiger partial charge < -0.3 is 15.4 Å². The van der Waals surface area contributed by atoms with Gasteiger partial charge in [0.25, 0.3) is 11.8 Å². The standard InChI is InChI=1S/C19H23N3O5/c1-3-7-19(8-4-2)17(25)22(18(26)21-19)10-14(23)12-5-6-15-13(9-12)20-16(24)11-27-15/h5-6,9H,3-4,7-8,10-11H2,1-2H3,(H,20,24)(H,21,26). The fourth-order valence-electron chi connectivity index (χ4n) is 3.63. The van der Waals surface area contributed by atoms with E-state index in [2.05, 4.69) is 10.6 Å². The number of nitrogens with one attached hydrogen (secondary N) is 2. The predicted octanol–water partition coefficient (Wildman–Crippen LogP) is 2.09. The molecule has 1 fully saturated rings. The van der Waals surface area contributed by atoms with E-state index in [1.54, 1.807) is 12.1 Å². The highest BCUT2D eigenvalue weighted by molar-refractivity contribution is 6.11. The number of ether oxygens (including phenoxy) is 1. The largest absolute Gasteiger partial charge is 0.482 e. The summed E-state index contributed by atoms with van der Waals surface area (Å²) in [6.07, 6.45) is 2.58. The molecule has 8 heteroatoms. The van der Waals surface area contributed by atoms with E-state index in [-0.39, 0.29) is 30.7 Å². The van der Waals surface area contributed by atoms with Gasteiger partial charge in [0.05, 0.1) is 12.2 Å². The zero-order valence-electron chi connectivity index (χ0n) is 15.5. The van der Waals surface area contributed by atoms with E-state index in [4.69, 9.17) is 4.74 Å². The first-order valence-corrected chi connectivity index (χ1v) is 9.14. The van der Waals surface area contributed by atoms with E-state index in [1.165, 1.54) is 6.07 Å². The topological polar surface area (TPSA) is 105 Å². The lowest BCUT2D eigenvalue weighted by Crippen LogP contribution is -2.47. The van der Waals surface area contributed by atoms with Crippen LogP contribution in [0.25, 0.3) is 0 Å². The molecule has 8 nitrogen and oxygen atoms in total. The van der Waals surface area contributed by atoms with Crippen LogP contribution < -0.4 is 15.4 Å². The molecule has 0 radical (unpaired) electrons. The number of fused-ring (bicyclic) bond motifs is 1. The number of carbonyl (C=O) groups excluding carboxylic acids is 4. The second kappa shape index (κ2) is 7.38. The lowest BCUT2D eigenvalue weighted by molar-refractivity contribution is -0.131. The SMILES string of the molecule is CCCC1(CCC)NC(=O)N(CC(=O)c2ccc3c(c2)NC(=O)CO3)C1=O. The van der Waals surface area contributed by atoms with Crippen LogP contribution in [-0.4, -0.2) is 47.2 Å². The number of hydrogen-bond acceptors (Lipinski definition) is 5. The average molecular weight is 373 g/mol. The third kappa shape index (κ3) is 3.51. The minimum Gasteiger partial charge on any atom is -0.482 e. The molecule has 27 heavy (non-hydrogen) atoms. The zero-order valence-corrected chi connectivity index (χ0v) is 15.5. The Kier molecular flexibility index (Phi) is 5.16. The Bertz CT molecular complexity index is 799. The number of anilines is 1. The van der Waals surface area contributed by atoms with Gasteiger partial charge in [0.2, 0.25) is 0 Å². The fourth-order valence-corrected chi connectivity index (χ4v) is 3.63. The molecule has 1 aromatic carbocycles. The van der Waals surface area contributed by atoms with Crippen molar-refractivity contribution >= 4 is 29.3 Å². The van der Waals surface area contributed by atoms with Gasteiger partial charge in [-0.3, -0.25) is 19.3 Å². The van der Waals surface area contributed by atoms with E-state index in [0.29, 0.717) is 29.8 Å². The molecule has 0 atom stereocenters. The van der Waals surface area contributed by atoms with E-state index < -0.39 is 11.6 Å². The maximum absolute atomic E-state index is 12.9. The van der Waals surface area contributed by atoms with Gasteiger partial charge >= 0.3 is 6.03 Å².